The van der Waals surface area contributed by atoms with E-state index in [2.05, 4.69) is 23.5 Å². The van der Waals surface area contributed by atoms with Gasteiger partial charge in [-0.2, -0.15) is 5.48 Å². The second kappa shape index (κ2) is 6.73. The lowest BCUT2D eigenvalue weighted by Crippen LogP contribution is -2.35. The Bertz CT molecular complexity index is 363. The lowest BCUT2D eigenvalue weighted by molar-refractivity contribution is 0.0830. The normalized spacial score (nSPS) is 17.9. The number of nitrogens with one attached hydrogen (secondary N) is 1. The minimum absolute atomic E-state index is 0.338. The van der Waals surface area contributed by atoms with Gasteiger partial charge in [0.1, 0.15) is 11.9 Å². The number of ether oxygens (including phenoxy) is 1. The van der Waals surface area contributed by atoms with Crippen molar-refractivity contribution in [1.29, 1.82) is 0 Å². The number of rotatable bonds is 5. The van der Waals surface area contributed by atoms with Gasteiger partial charge in [0.2, 0.25) is 0 Å². The van der Waals surface area contributed by atoms with E-state index in [4.69, 9.17) is 9.57 Å². The van der Waals surface area contributed by atoms with Gasteiger partial charge in [0.15, 0.2) is 0 Å². The summed E-state index contributed by atoms with van der Waals surface area (Å²) in [7, 11) is 3.78. The highest BCUT2D eigenvalue weighted by Crippen LogP contribution is 2.22. The van der Waals surface area contributed by atoms with Crippen LogP contribution in [0.15, 0.2) is 24.3 Å². The van der Waals surface area contributed by atoms with Gasteiger partial charge in [-0.25, -0.2) is 0 Å². The number of hydrogen-bond donors (Lipinski definition) is 1. The molecule has 1 aromatic rings. The topological polar surface area (TPSA) is 33.7 Å². The minimum atomic E-state index is 0.338. The van der Waals surface area contributed by atoms with E-state index in [-0.39, 0.29) is 0 Å². The molecule has 0 aliphatic carbocycles. The first kappa shape index (κ1) is 13.3. The second-order valence-electron chi connectivity index (χ2n) is 4.75. The molecular weight excluding hydrogens is 228 g/mol. The smallest absolute Gasteiger partial charge is 0.124 e. The van der Waals surface area contributed by atoms with Crippen LogP contribution in [0.25, 0.3) is 0 Å². The maximum Gasteiger partial charge on any atom is 0.124 e. The van der Waals surface area contributed by atoms with E-state index < -0.39 is 0 Å². The summed E-state index contributed by atoms with van der Waals surface area (Å²) in [6.07, 6.45) is 2.54. The molecule has 100 valence electrons. The van der Waals surface area contributed by atoms with Crippen molar-refractivity contribution < 1.29 is 9.57 Å². The average Bonchev–Trinajstić information content (AvgIpc) is 2.40. The lowest BCUT2D eigenvalue weighted by Gasteiger charge is -2.29. The minimum Gasteiger partial charge on any atom is -0.490 e. The molecule has 1 fully saturated rings. The molecule has 4 heteroatoms. The third-order valence-electron chi connectivity index (χ3n) is 3.34. The maximum absolute atomic E-state index is 6.11. The van der Waals surface area contributed by atoms with E-state index in [9.17, 15) is 0 Å². The van der Waals surface area contributed by atoms with Crippen LogP contribution < -0.4 is 10.2 Å². The van der Waals surface area contributed by atoms with Crippen molar-refractivity contribution in [2.75, 3.05) is 27.2 Å². The van der Waals surface area contributed by atoms with Gasteiger partial charge in [-0.1, -0.05) is 18.2 Å². The van der Waals surface area contributed by atoms with Crippen LogP contribution in [0.4, 0.5) is 0 Å². The van der Waals surface area contributed by atoms with E-state index in [1.54, 1.807) is 7.11 Å². The molecule has 0 amide bonds. The quantitative estimate of drug-likeness (QED) is 0.808. The molecule has 1 aromatic carbocycles. The standard InChI is InChI=1S/C14H22N2O2/c1-16-9-7-13(8-10-16)18-14-6-4-3-5-12(14)11-15-17-2/h3-6,13,15H,7-11H2,1-2H3. The Morgan fingerprint density at radius 1 is 1.28 bits per heavy atom. The van der Waals surface area contributed by atoms with Crippen molar-refractivity contribution in [2.24, 2.45) is 0 Å². The van der Waals surface area contributed by atoms with Crippen LogP contribution in [0.1, 0.15) is 18.4 Å². The zero-order valence-electron chi connectivity index (χ0n) is 11.2. The molecule has 1 aliphatic heterocycles. The molecule has 1 N–H and O–H groups in total. The maximum atomic E-state index is 6.11. The number of hydrogen-bond acceptors (Lipinski definition) is 4. The van der Waals surface area contributed by atoms with Crippen molar-refractivity contribution in [3.8, 4) is 5.75 Å². The van der Waals surface area contributed by atoms with Gasteiger partial charge in [0, 0.05) is 25.2 Å². The van der Waals surface area contributed by atoms with Gasteiger partial charge in [0.25, 0.3) is 0 Å². The Labute approximate surface area is 109 Å². The fourth-order valence-electron chi connectivity index (χ4n) is 2.20. The van der Waals surface area contributed by atoms with Crippen LogP contribution >= 0.6 is 0 Å². The summed E-state index contributed by atoms with van der Waals surface area (Å²) >= 11 is 0. The molecule has 0 radical (unpaired) electrons. The first-order valence-electron chi connectivity index (χ1n) is 6.48. The Kier molecular flexibility index (Phi) is 4.99. The van der Waals surface area contributed by atoms with Crippen molar-refractivity contribution in [3.63, 3.8) is 0 Å². The van der Waals surface area contributed by atoms with Crippen LogP contribution in [0, 0.1) is 0 Å². The highest BCUT2D eigenvalue weighted by Gasteiger charge is 2.18. The molecule has 18 heavy (non-hydrogen) atoms. The van der Waals surface area contributed by atoms with Gasteiger partial charge in [-0.05, 0) is 26.0 Å². The van der Waals surface area contributed by atoms with E-state index >= 15 is 0 Å². The third kappa shape index (κ3) is 3.70. The molecule has 0 bridgehead atoms. The van der Waals surface area contributed by atoms with Crippen LogP contribution in [-0.2, 0) is 11.4 Å². The highest BCUT2D eigenvalue weighted by atomic mass is 16.6. The number of benzene rings is 1. The van der Waals surface area contributed by atoms with E-state index in [1.165, 1.54) is 0 Å². The molecule has 1 saturated heterocycles. The first-order valence-corrected chi connectivity index (χ1v) is 6.48. The zero-order chi connectivity index (χ0) is 12.8. The summed E-state index contributed by atoms with van der Waals surface area (Å²) in [6, 6.07) is 8.13. The van der Waals surface area contributed by atoms with Crippen molar-refractivity contribution in [3.05, 3.63) is 29.8 Å². The second-order valence-corrected chi connectivity index (χ2v) is 4.75. The summed E-state index contributed by atoms with van der Waals surface area (Å²) in [5.41, 5.74) is 4.00. The summed E-state index contributed by atoms with van der Waals surface area (Å²) in [6.45, 7) is 2.89. The van der Waals surface area contributed by atoms with Crippen LogP contribution in [0.5, 0.6) is 5.75 Å². The number of piperidine rings is 1. The summed E-state index contributed by atoms with van der Waals surface area (Å²) < 4.78 is 6.11. The average molecular weight is 250 g/mol. The largest absolute Gasteiger partial charge is 0.490 e. The molecule has 0 aromatic heterocycles. The molecule has 2 rings (SSSR count). The van der Waals surface area contributed by atoms with Crippen molar-refractivity contribution >= 4 is 0 Å². The number of nitrogens with zero attached hydrogens (tertiary/aromatic N) is 1. The van der Waals surface area contributed by atoms with E-state index in [0.29, 0.717) is 12.6 Å². The third-order valence-corrected chi connectivity index (χ3v) is 3.34. The molecule has 1 heterocycles. The predicted octanol–water partition coefficient (Wildman–Crippen LogP) is 1.81. The zero-order valence-corrected chi connectivity index (χ0v) is 11.2. The van der Waals surface area contributed by atoms with Crippen LogP contribution in [0.2, 0.25) is 0 Å². The lowest BCUT2D eigenvalue weighted by atomic mass is 10.1. The molecular formula is C14H22N2O2. The Balaban J connectivity index is 1.95. The van der Waals surface area contributed by atoms with E-state index in [0.717, 1.165) is 37.2 Å². The highest BCUT2D eigenvalue weighted by molar-refractivity contribution is 5.33. The molecule has 0 spiro atoms. The first-order chi connectivity index (χ1) is 8.79. The number of likely N-dealkylation sites (tertiary alicyclic amines) is 1. The van der Waals surface area contributed by atoms with Crippen molar-refractivity contribution in [1.82, 2.24) is 10.4 Å². The summed E-state index contributed by atoms with van der Waals surface area (Å²) in [5.74, 6) is 0.969. The summed E-state index contributed by atoms with van der Waals surface area (Å²) in [5, 5.41) is 0. The Morgan fingerprint density at radius 2 is 2.00 bits per heavy atom. The Morgan fingerprint density at radius 3 is 2.72 bits per heavy atom. The number of hydroxylamine groups is 1. The SMILES string of the molecule is CONCc1ccccc1OC1CCN(C)CC1. The van der Waals surface area contributed by atoms with Crippen LogP contribution in [-0.4, -0.2) is 38.3 Å². The fraction of sp³-hybridized carbons (Fsp3) is 0.571. The van der Waals surface area contributed by atoms with Gasteiger partial charge in [-0.3, -0.25) is 0 Å². The molecule has 1 aliphatic rings. The predicted molar refractivity (Wildman–Crippen MR) is 71.4 cm³/mol. The van der Waals surface area contributed by atoms with Gasteiger partial charge >= 0.3 is 0 Å². The van der Waals surface area contributed by atoms with Gasteiger partial charge in [-0.15, -0.1) is 0 Å². The molecule has 0 atom stereocenters. The Hall–Kier alpha value is -1.10. The number of para-hydroxylation sites is 1. The molecule has 4 nitrogen and oxygen atoms in total. The monoisotopic (exact) mass is 250 g/mol. The molecule has 0 saturated carbocycles. The van der Waals surface area contributed by atoms with Gasteiger partial charge < -0.3 is 14.5 Å². The van der Waals surface area contributed by atoms with Gasteiger partial charge in [0.05, 0.1) is 7.11 Å². The molecule has 0 unspecified atom stereocenters. The van der Waals surface area contributed by atoms with Crippen LogP contribution in [0.3, 0.4) is 0 Å². The fourth-order valence-corrected chi connectivity index (χ4v) is 2.20. The van der Waals surface area contributed by atoms with Crippen molar-refractivity contribution in [2.45, 2.75) is 25.5 Å². The summed E-state index contributed by atoms with van der Waals surface area (Å²) in [4.78, 5) is 7.24. The van der Waals surface area contributed by atoms with E-state index in [1.807, 2.05) is 18.2 Å².